The van der Waals surface area contributed by atoms with Crippen LogP contribution in [0.5, 0.6) is 0 Å². The molecule has 1 aromatic rings. The summed E-state index contributed by atoms with van der Waals surface area (Å²) in [6, 6.07) is -0.301. The number of nitrogens with one attached hydrogen (secondary N) is 1. The Bertz CT molecular complexity index is 546. The highest BCUT2D eigenvalue weighted by Crippen LogP contribution is 2.23. The number of anilines is 1. The second-order valence-corrected chi connectivity index (χ2v) is 7.37. The predicted octanol–water partition coefficient (Wildman–Crippen LogP) is 2.31. The number of hydrogen-bond acceptors (Lipinski definition) is 5. The van der Waals surface area contributed by atoms with E-state index in [0.29, 0.717) is 24.0 Å². The summed E-state index contributed by atoms with van der Waals surface area (Å²) in [5.41, 5.74) is 0. The summed E-state index contributed by atoms with van der Waals surface area (Å²) in [6.45, 7) is 6.96. The van der Waals surface area contributed by atoms with Crippen molar-refractivity contribution in [3.63, 3.8) is 0 Å². The molecule has 0 aliphatic carbocycles. The Labute approximate surface area is 133 Å². The van der Waals surface area contributed by atoms with Gasteiger partial charge in [-0.25, -0.2) is 4.79 Å². The Hall–Kier alpha value is -1.70. The van der Waals surface area contributed by atoms with Gasteiger partial charge in [0, 0.05) is 19.5 Å². The molecule has 7 nitrogen and oxygen atoms in total. The number of aliphatic carboxylic acids is 1. The number of likely N-dealkylation sites (tertiary alicyclic amines) is 1. The molecule has 0 saturated carbocycles. The van der Waals surface area contributed by atoms with E-state index in [2.05, 4.69) is 29.4 Å². The minimum Gasteiger partial charge on any atom is -0.481 e. The quantitative estimate of drug-likeness (QED) is 0.885. The molecule has 0 aromatic carbocycles. The van der Waals surface area contributed by atoms with E-state index in [1.807, 2.05) is 6.92 Å². The smallest absolute Gasteiger partial charge is 0.323 e. The number of hydrogen-bond donors (Lipinski definition) is 2. The third-order valence-electron chi connectivity index (χ3n) is 3.56. The van der Waals surface area contributed by atoms with Gasteiger partial charge in [-0.2, -0.15) is 0 Å². The van der Waals surface area contributed by atoms with Crippen molar-refractivity contribution in [2.75, 3.05) is 18.4 Å². The minimum atomic E-state index is -0.848. The zero-order chi connectivity index (χ0) is 16.3. The van der Waals surface area contributed by atoms with Crippen LogP contribution in [0.15, 0.2) is 0 Å². The van der Waals surface area contributed by atoms with E-state index in [0.717, 1.165) is 11.4 Å². The van der Waals surface area contributed by atoms with Crippen LogP contribution in [0.4, 0.5) is 9.93 Å². The van der Waals surface area contributed by atoms with Gasteiger partial charge in [-0.05, 0) is 18.3 Å². The van der Waals surface area contributed by atoms with Crippen LogP contribution < -0.4 is 5.32 Å². The molecule has 8 heteroatoms. The van der Waals surface area contributed by atoms with Gasteiger partial charge in [0.2, 0.25) is 5.13 Å². The van der Waals surface area contributed by atoms with Crippen molar-refractivity contribution in [1.82, 2.24) is 15.1 Å². The third kappa shape index (κ3) is 4.40. The molecule has 2 amide bonds. The van der Waals surface area contributed by atoms with E-state index in [9.17, 15) is 9.59 Å². The highest BCUT2D eigenvalue weighted by atomic mass is 32.1. The average Bonchev–Trinajstić information content (AvgIpc) is 2.84. The topological polar surface area (TPSA) is 95.4 Å². The number of rotatable bonds is 4. The molecule has 122 valence electrons. The van der Waals surface area contributed by atoms with Crippen molar-refractivity contribution in [2.24, 2.45) is 17.8 Å². The van der Waals surface area contributed by atoms with Crippen molar-refractivity contribution in [1.29, 1.82) is 0 Å². The summed E-state index contributed by atoms with van der Waals surface area (Å²) in [5, 5.41) is 21.3. The monoisotopic (exact) mass is 326 g/mol. The van der Waals surface area contributed by atoms with E-state index in [1.54, 1.807) is 4.90 Å². The molecule has 2 unspecified atom stereocenters. The molecule has 2 heterocycles. The first kappa shape index (κ1) is 16.7. The molecule has 22 heavy (non-hydrogen) atoms. The van der Waals surface area contributed by atoms with Crippen LogP contribution in [0.25, 0.3) is 0 Å². The first-order chi connectivity index (χ1) is 10.3. The minimum absolute atomic E-state index is 0.173. The molecular formula is C14H22N4O3S. The zero-order valence-corrected chi connectivity index (χ0v) is 13.9. The van der Waals surface area contributed by atoms with Gasteiger partial charge in [0.15, 0.2) is 0 Å². The Morgan fingerprint density at radius 3 is 2.77 bits per heavy atom. The molecule has 1 aliphatic heterocycles. The molecule has 1 aromatic heterocycles. The lowest BCUT2D eigenvalue weighted by atomic mass is 9.91. The highest BCUT2D eigenvalue weighted by molar-refractivity contribution is 7.15. The van der Waals surface area contributed by atoms with Crippen molar-refractivity contribution in [3.05, 3.63) is 5.01 Å². The number of carboxylic acid groups (broad SMARTS) is 1. The standard InChI is InChI=1S/C14H22N4O3S/c1-8(2)4-11-16-17-13(22-11)15-14(21)18-6-9(3)5-10(7-18)12(19)20/h8-10H,4-7H2,1-3H3,(H,19,20)(H,15,17,21). The Morgan fingerprint density at radius 1 is 1.41 bits per heavy atom. The molecule has 0 spiro atoms. The van der Waals surface area contributed by atoms with Gasteiger partial charge in [0.05, 0.1) is 5.92 Å². The summed E-state index contributed by atoms with van der Waals surface area (Å²) in [5.74, 6) is -0.692. The van der Waals surface area contributed by atoms with E-state index < -0.39 is 11.9 Å². The fourth-order valence-corrected chi connectivity index (χ4v) is 3.54. The summed E-state index contributed by atoms with van der Waals surface area (Å²) in [6.07, 6.45) is 1.44. The first-order valence-electron chi connectivity index (χ1n) is 7.46. The fourth-order valence-electron chi connectivity index (χ4n) is 2.60. The highest BCUT2D eigenvalue weighted by Gasteiger charge is 2.32. The lowest BCUT2D eigenvalue weighted by molar-refractivity contribution is -0.143. The maximum absolute atomic E-state index is 12.3. The van der Waals surface area contributed by atoms with Crippen molar-refractivity contribution < 1.29 is 14.7 Å². The molecule has 0 bridgehead atoms. The van der Waals surface area contributed by atoms with Crippen molar-refractivity contribution in [3.8, 4) is 0 Å². The van der Waals surface area contributed by atoms with Gasteiger partial charge < -0.3 is 10.0 Å². The van der Waals surface area contributed by atoms with Gasteiger partial charge in [0.1, 0.15) is 5.01 Å². The number of piperidine rings is 1. The molecule has 1 saturated heterocycles. The summed E-state index contributed by atoms with van der Waals surface area (Å²) >= 11 is 1.36. The van der Waals surface area contributed by atoms with Crippen LogP contribution in [0.1, 0.15) is 32.2 Å². The number of aromatic nitrogens is 2. The molecule has 2 rings (SSSR count). The van der Waals surface area contributed by atoms with Crippen LogP contribution in [0.3, 0.4) is 0 Å². The SMILES string of the molecule is CC(C)Cc1nnc(NC(=O)N2CC(C)CC(C(=O)O)C2)s1. The predicted molar refractivity (Wildman–Crippen MR) is 83.9 cm³/mol. The van der Waals surface area contributed by atoms with Gasteiger partial charge in [0.25, 0.3) is 0 Å². The van der Waals surface area contributed by atoms with Crippen molar-refractivity contribution in [2.45, 2.75) is 33.6 Å². The zero-order valence-electron chi connectivity index (χ0n) is 13.1. The summed E-state index contributed by atoms with van der Waals surface area (Å²) < 4.78 is 0. The fraction of sp³-hybridized carbons (Fsp3) is 0.714. The molecule has 2 N–H and O–H groups in total. The van der Waals surface area contributed by atoms with E-state index in [4.69, 9.17) is 5.11 Å². The van der Waals surface area contributed by atoms with Crippen LogP contribution in [-0.2, 0) is 11.2 Å². The second kappa shape index (κ2) is 7.04. The summed E-state index contributed by atoms with van der Waals surface area (Å²) in [4.78, 5) is 25.0. The second-order valence-electron chi connectivity index (χ2n) is 6.31. The number of nitrogens with zero attached hydrogens (tertiary/aromatic N) is 3. The van der Waals surface area contributed by atoms with Crippen LogP contribution in [0, 0.1) is 17.8 Å². The Balaban J connectivity index is 1.96. The molecule has 2 atom stereocenters. The van der Waals surface area contributed by atoms with E-state index in [-0.39, 0.29) is 18.5 Å². The number of amides is 2. The van der Waals surface area contributed by atoms with E-state index in [1.165, 1.54) is 11.3 Å². The number of carbonyl (C=O) groups is 2. The Morgan fingerprint density at radius 2 is 2.14 bits per heavy atom. The van der Waals surface area contributed by atoms with Gasteiger partial charge in [-0.3, -0.25) is 10.1 Å². The number of carboxylic acids is 1. The summed E-state index contributed by atoms with van der Waals surface area (Å²) in [7, 11) is 0. The van der Waals surface area contributed by atoms with Crippen molar-refractivity contribution >= 4 is 28.5 Å². The average molecular weight is 326 g/mol. The van der Waals surface area contributed by atoms with Crippen LogP contribution in [-0.4, -0.2) is 45.3 Å². The molecule has 0 radical (unpaired) electrons. The van der Waals surface area contributed by atoms with Crippen LogP contribution in [0.2, 0.25) is 0 Å². The maximum atomic E-state index is 12.3. The molecular weight excluding hydrogens is 304 g/mol. The van der Waals surface area contributed by atoms with Gasteiger partial charge in [-0.15, -0.1) is 10.2 Å². The normalized spacial score (nSPS) is 21.9. The first-order valence-corrected chi connectivity index (χ1v) is 8.28. The number of urea groups is 1. The van der Waals surface area contributed by atoms with Gasteiger partial charge in [-0.1, -0.05) is 32.1 Å². The largest absolute Gasteiger partial charge is 0.481 e. The molecule has 1 aliphatic rings. The molecule has 1 fully saturated rings. The van der Waals surface area contributed by atoms with Crippen LogP contribution >= 0.6 is 11.3 Å². The van der Waals surface area contributed by atoms with E-state index >= 15 is 0 Å². The van der Waals surface area contributed by atoms with Gasteiger partial charge >= 0.3 is 12.0 Å². The maximum Gasteiger partial charge on any atom is 0.323 e. The lowest BCUT2D eigenvalue weighted by Gasteiger charge is -2.34. The Kier molecular flexibility index (Phi) is 5.33. The third-order valence-corrected chi connectivity index (χ3v) is 4.42. The number of carbonyl (C=O) groups excluding carboxylic acids is 1. The lowest BCUT2D eigenvalue weighted by Crippen LogP contribution is -2.47.